The lowest BCUT2D eigenvalue weighted by atomic mass is 10.2. The molecule has 2 rings (SSSR count). The van der Waals surface area contributed by atoms with Gasteiger partial charge in [0, 0.05) is 15.0 Å². The van der Waals surface area contributed by atoms with E-state index in [0.717, 1.165) is 15.0 Å². The molecule has 0 amide bonds. The quantitative estimate of drug-likeness (QED) is 0.595. The van der Waals surface area contributed by atoms with Crippen LogP contribution in [0.25, 0.3) is 10.1 Å². The van der Waals surface area contributed by atoms with Crippen LogP contribution in [0.5, 0.6) is 0 Å². The summed E-state index contributed by atoms with van der Waals surface area (Å²) in [5, 5.41) is 1.00. The van der Waals surface area contributed by atoms with Crippen LogP contribution in [-0.2, 0) is 4.74 Å². The number of methoxy groups -OCH3 is 1. The third-order valence-electron chi connectivity index (χ3n) is 1.93. The van der Waals surface area contributed by atoms with E-state index in [2.05, 4.69) is 17.4 Å². The van der Waals surface area contributed by atoms with Crippen molar-refractivity contribution in [1.29, 1.82) is 0 Å². The number of carbonyl (C=O) groups excluding carboxylic acids is 1. The Morgan fingerprint density at radius 3 is 2.93 bits per heavy atom. The Morgan fingerprint density at radius 1 is 1.50 bits per heavy atom. The van der Waals surface area contributed by atoms with Gasteiger partial charge in [-0.2, -0.15) is 0 Å². The van der Waals surface area contributed by atoms with Crippen LogP contribution in [0.4, 0.5) is 0 Å². The van der Waals surface area contributed by atoms with Crippen molar-refractivity contribution >= 4 is 40.0 Å². The third kappa shape index (κ3) is 1.51. The maximum Gasteiger partial charge on any atom is 0.348 e. The molecule has 0 saturated heterocycles. The number of thiophene rings is 1. The van der Waals surface area contributed by atoms with Crippen LogP contribution in [0.1, 0.15) is 9.67 Å². The molecule has 4 heteroatoms. The van der Waals surface area contributed by atoms with Gasteiger partial charge in [0.15, 0.2) is 0 Å². The molecule has 0 bridgehead atoms. The van der Waals surface area contributed by atoms with Crippen LogP contribution in [0.15, 0.2) is 29.2 Å². The molecule has 72 valence electrons. The zero-order chi connectivity index (χ0) is 10.1. The Kier molecular flexibility index (Phi) is 2.48. The monoisotopic (exact) mass is 224 g/mol. The SMILES string of the molecule is COC(=O)c1cc2c(S)cccc2s1. The standard InChI is InChI=1S/C10H8O2S2/c1-12-10(11)9-5-6-7(13)3-2-4-8(6)14-9/h2-5,13H,1H3. The van der Waals surface area contributed by atoms with E-state index in [1.165, 1.54) is 18.4 Å². The number of thiol groups is 1. The predicted molar refractivity (Wildman–Crippen MR) is 60.4 cm³/mol. The van der Waals surface area contributed by atoms with Gasteiger partial charge in [-0.1, -0.05) is 6.07 Å². The average Bonchev–Trinajstić information content (AvgIpc) is 2.62. The molecule has 14 heavy (non-hydrogen) atoms. The number of carbonyl (C=O) groups is 1. The van der Waals surface area contributed by atoms with Gasteiger partial charge in [-0.05, 0) is 18.2 Å². The molecule has 0 unspecified atom stereocenters. The van der Waals surface area contributed by atoms with Gasteiger partial charge in [-0.25, -0.2) is 4.79 Å². The molecular weight excluding hydrogens is 216 g/mol. The van der Waals surface area contributed by atoms with Gasteiger partial charge < -0.3 is 4.74 Å². The summed E-state index contributed by atoms with van der Waals surface area (Å²) in [4.78, 5) is 12.8. The Hall–Kier alpha value is -1.00. The van der Waals surface area contributed by atoms with E-state index in [0.29, 0.717) is 4.88 Å². The van der Waals surface area contributed by atoms with E-state index < -0.39 is 0 Å². The zero-order valence-corrected chi connectivity index (χ0v) is 9.19. The molecule has 1 aromatic carbocycles. The Balaban J connectivity index is 2.62. The van der Waals surface area contributed by atoms with E-state index in [4.69, 9.17) is 0 Å². The summed E-state index contributed by atoms with van der Waals surface area (Å²) in [7, 11) is 1.38. The fourth-order valence-corrected chi connectivity index (χ4v) is 2.60. The highest BCUT2D eigenvalue weighted by molar-refractivity contribution is 7.80. The topological polar surface area (TPSA) is 26.3 Å². The highest BCUT2D eigenvalue weighted by Gasteiger charge is 2.10. The number of hydrogen-bond donors (Lipinski definition) is 1. The molecular formula is C10H8O2S2. The summed E-state index contributed by atoms with van der Waals surface area (Å²) >= 11 is 5.74. The molecule has 0 saturated carbocycles. The summed E-state index contributed by atoms with van der Waals surface area (Å²) in [5.74, 6) is -0.293. The summed E-state index contributed by atoms with van der Waals surface area (Å²) in [5.41, 5.74) is 0. The summed E-state index contributed by atoms with van der Waals surface area (Å²) in [6.07, 6.45) is 0. The highest BCUT2D eigenvalue weighted by Crippen LogP contribution is 2.30. The summed E-state index contributed by atoms with van der Waals surface area (Å²) in [6.45, 7) is 0. The van der Waals surface area contributed by atoms with Crippen LogP contribution in [0.2, 0.25) is 0 Å². The number of hydrogen-bond acceptors (Lipinski definition) is 4. The van der Waals surface area contributed by atoms with Crippen molar-refractivity contribution in [2.75, 3.05) is 7.11 Å². The molecule has 0 atom stereocenters. The molecule has 0 N–H and O–H groups in total. The lowest BCUT2D eigenvalue weighted by Gasteiger charge is -1.91. The van der Waals surface area contributed by atoms with Crippen molar-refractivity contribution in [2.45, 2.75) is 4.90 Å². The lowest BCUT2D eigenvalue weighted by molar-refractivity contribution is 0.0606. The molecule has 0 aliphatic rings. The first kappa shape index (κ1) is 9.55. The van der Waals surface area contributed by atoms with Crippen molar-refractivity contribution in [1.82, 2.24) is 0 Å². The van der Waals surface area contributed by atoms with Crippen LogP contribution in [-0.4, -0.2) is 13.1 Å². The fraction of sp³-hybridized carbons (Fsp3) is 0.100. The van der Waals surface area contributed by atoms with Gasteiger partial charge in [-0.15, -0.1) is 24.0 Å². The average molecular weight is 224 g/mol. The molecule has 0 fully saturated rings. The van der Waals surface area contributed by atoms with Crippen LogP contribution >= 0.6 is 24.0 Å². The van der Waals surface area contributed by atoms with Gasteiger partial charge in [0.2, 0.25) is 0 Å². The van der Waals surface area contributed by atoms with Gasteiger partial charge in [-0.3, -0.25) is 0 Å². The first-order valence-electron chi connectivity index (χ1n) is 4.02. The number of ether oxygens (including phenoxy) is 1. The fourth-order valence-electron chi connectivity index (χ4n) is 1.25. The van der Waals surface area contributed by atoms with Crippen molar-refractivity contribution in [3.8, 4) is 0 Å². The van der Waals surface area contributed by atoms with E-state index in [1.807, 2.05) is 24.3 Å². The molecule has 0 radical (unpaired) electrons. The van der Waals surface area contributed by atoms with Crippen molar-refractivity contribution in [3.05, 3.63) is 29.1 Å². The number of rotatable bonds is 1. The zero-order valence-electron chi connectivity index (χ0n) is 7.48. The van der Waals surface area contributed by atoms with Gasteiger partial charge in [0.1, 0.15) is 4.88 Å². The van der Waals surface area contributed by atoms with Crippen molar-refractivity contribution < 1.29 is 9.53 Å². The van der Waals surface area contributed by atoms with Gasteiger partial charge >= 0.3 is 5.97 Å². The largest absolute Gasteiger partial charge is 0.465 e. The summed E-state index contributed by atoms with van der Waals surface area (Å²) < 4.78 is 5.71. The minimum absolute atomic E-state index is 0.293. The molecule has 0 aliphatic carbocycles. The second kappa shape index (κ2) is 3.63. The number of fused-ring (bicyclic) bond motifs is 1. The highest BCUT2D eigenvalue weighted by atomic mass is 32.1. The van der Waals surface area contributed by atoms with Crippen LogP contribution in [0.3, 0.4) is 0 Å². The van der Waals surface area contributed by atoms with E-state index >= 15 is 0 Å². The molecule has 2 nitrogen and oxygen atoms in total. The molecule has 1 heterocycles. The Morgan fingerprint density at radius 2 is 2.29 bits per heavy atom. The number of benzene rings is 1. The lowest BCUT2D eigenvalue weighted by Crippen LogP contribution is -1.96. The van der Waals surface area contributed by atoms with E-state index in [9.17, 15) is 4.79 Å². The second-order valence-electron chi connectivity index (χ2n) is 2.79. The van der Waals surface area contributed by atoms with Crippen molar-refractivity contribution in [2.24, 2.45) is 0 Å². The van der Waals surface area contributed by atoms with E-state index in [1.54, 1.807) is 0 Å². The second-order valence-corrected chi connectivity index (χ2v) is 4.36. The first-order valence-corrected chi connectivity index (χ1v) is 5.28. The molecule has 1 aromatic heterocycles. The van der Waals surface area contributed by atoms with Gasteiger partial charge in [0.25, 0.3) is 0 Å². The molecule has 0 aliphatic heterocycles. The van der Waals surface area contributed by atoms with Gasteiger partial charge in [0.05, 0.1) is 7.11 Å². The molecule has 2 aromatic rings. The third-order valence-corrected chi connectivity index (χ3v) is 3.40. The van der Waals surface area contributed by atoms with E-state index in [-0.39, 0.29) is 5.97 Å². The minimum Gasteiger partial charge on any atom is -0.465 e. The predicted octanol–water partition coefficient (Wildman–Crippen LogP) is 2.98. The Bertz CT molecular complexity index is 488. The number of esters is 1. The normalized spacial score (nSPS) is 10.4. The first-order chi connectivity index (χ1) is 6.72. The summed E-state index contributed by atoms with van der Waals surface area (Å²) in [6, 6.07) is 7.60. The van der Waals surface area contributed by atoms with Crippen LogP contribution in [0, 0.1) is 0 Å². The maximum absolute atomic E-state index is 11.3. The minimum atomic E-state index is -0.293. The van der Waals surface area contributed by atoms with Crippen molar-refractivity contribution in [3.63, 3.8) is 0 Å². The van der Waals surface area contributed by atoms with Crippen LogP contribution < -0.4 is 0 Å². The Labute approximate surface area is 90.9 Å². The smallest absolute Gasteiger partial charge is 0.348 e. The molecule has 0 spiro atoms. The maximum atomic E-state index is 11.3.